The van der Waals surface area contributed by atoms with Crippen LogP contribution in [0.5, 0.6) is 0 Å². The monoisotopic (exact) mass is 316 g/mol. The van der Waals surface area contributed by atoms with Gasteiger partial charge in [0.25, 0.3) is 0 Å². The van der Waals surface area contributed by atoms with E-state index in [9.17, 15) is 18.3 Å². The van der Waals surface area contributed by atoms with Crippen molar-refractivity contribution in [3.63, 3.8) is 0 Å². The molecule has 21 heavy (non-hydrogen) atoms. The van der Waals surface area contributed by atoms with E-state index in [1.165, 1.54) is 0 Å². The lowest BCUT2D eigenvalue weighted by molar-refractivity contribution is -0.140. The molecule has 0 amide bonds. The Morgan fingerprint density at radius 1 is 1.29 bits per heavy atom. The Labute approximate surface area is 124 Å². The normalized spacial score (nSPS) is 14.7. The van der Waals surface area contributed by atoms with Crippen LogP contribution in [-0.2, 0) is 12.6 Å². The number of hydrogen-bond donors (Lipinski definition) is 2. The molecule has 2 N–H and O–H groups in total. The zero-order chi connectivity index (χ0) is 15.5. The Kier molecular flexibility index (Phi) is 4.84. The molecule has 114 valence electrons. The first-order valence-corrected chi connectivity index (χ1v) is 7.25. The summed E-state index contributed by atoms with van der Waals surface area (Å²) < 4.78 is 37.4. The van der Waals surface area contributed by atoms with Gasteiger partial charge in [-0.25, -0.2) is 4.98 Å². The van der Waals surface area contributed by atoms with Gasteiger partial charge in [-0.1, -0.05) is 30.3 Å². The predicted octanol–water partition coefficient (Wildman–Crippen LogP) is 3.57. The van der Waals surface area contributed by atoms with Crippen molar-refractivity contribution in [2.45, 2.75) is 31.7 Å². The Bertz CT molecular complexity index is 571. The standard InChI is InChI=1S/C14H15F3N2OS/c1-9(11(20)7-10-5-3-2-4-6-10)18-13-19-12(8-21-13)14(15,16)17/h2-6,8-9,11,20H,7H2,1H3,(H,18,19). The third kappa shape index (κ3) is 4.44. The average molecular weight is 316 g/mol. The Morgan fingerprint density at radius 3 is 2.52 bits per heavy atom. The van der Waals surface area contributed by atoms with Crippen molar-refractivity contribution in [1.29, 1.82) is 0 Å². The van der Waals surface area contributed by atoms with Gasteiger partial charge >= 0.3 is 6.18 Å². The molecular formula is C14H15F3N2OS. The predicted molar refractivity (Wildman–Crippen MR) is 76.4 cm³/mol. The van der Waals surface area contributed by atoms with Crippen molar-refractivity contribution in [1.82, 2.24) is 4.98 Å². The van der Waals surface area contributed by atoms with Gasteiger partial charge in [-0.3, -0.25) is 0 Å². The minimum absolute atomic E-state index is 0.155. The Balaban J connectivity index is 1.94. The van der Waals surface area contributed by atoms with Crippen molar-refractivity contribution in [3.8, 4) is 0 Å². The molecule has 2 aromatic rings. The third-order valence-corrected chi connectivity index (χ3v) is 3.78. The SMILES string of the molecule is CC(Nc1nc(C(F)(F)F)cs1)C(O)Cc1ccccc1. The largest absolute Gasteiger partial charge is 0.434 e. The van der Waals surface area contributed by atoms with Crippen LogP contribution < -0.4 is 5.32 Å². The fraction of sp³-hybridized carbons (Fsp3) is 0.357. The first-order valence-electron chi connectivity index (χ1n) is 6.37. The molecule has 0 aliphatic heterocycles. The number of aromatic nitrogens is 1. The maximum Gasteiger partial charge on any atom is 0.434 e. The van der Waals surface area contributed by atoms with Crippen molar-refractivity contribution >= 4 is 16.5 Å². The highest BCUT2D eigenvalue weighted by Crippen LogP contribution is 2.31. The van der Waals surface area contributed by atoms with Crippen LogP contribution in [0.3, 0.4) is 0 Å². The van der Waals surface area contributed by atoms with Gasteiger partial charge in [-0.15, -0.1) is 11.3 Å². The van der Waals surface area contributed by atoms with Crippen molar-refractivity contribution in [3.05, 3.63) is 47.0 Å². The van der Waals surface area contributed by atoms with E-state index in [0.717, 1.165) is 22.3 Å². The van der Waals surface area contributed by atoms with Crippen LogP contribution >= 0.6 is 11.3 Å². The lowest BCUT2D eigenvalue weighted by Crippen LogP contribution is -2.32. The smallest absolute Gasteiger partial charge is 0.391 e. The summed E-state index contributed by atoms with van der Waals surface area (Å²) in [4.78, 5) is 3.48. The molecule has 2 unspecified atom stereocenters. The highest BCUT2D eigenvalue weighted by Gasteiger charge is 2.34. The Hall–Kier alpha value is -1.60. The topological polar surface area (TPSA) is 45.2 Å². The van der Waals surface area contributed by atoms with E-state index < -0.39 is 24.0 Å². The maximum atomic E-state index is 12.5. The fourth-order valence-corrected chi connectivity index (χ4v) is 2.61. The van der Waals surface area contributed by atoms with E-state index in [1.54, 1.807) is 6.92 Å². The van der Waals surface area contributed by atoms with Gasteiger partial charge in [0.1, 0.15) is 0 Å². The first-order chi connectivity index (χ1) is 9.86. The number of hydrogen-bond acceptors (Lipinski definition) is 4. The molecule has 0 saturated heterocycles. The fourth-order valence-electron chi connectivity index (χ4n) is 1.79. The molecule has 0 aliphatic rings. The van der Waals surface area contributed by atoms with Crippen LogP contribution in [0.2, 0.25) is 0 Å². The minimum Gasteiger partial charge on any atom is -0.391 e. The van der Waals surface area contributed by atoms with Gasteiger partial charge in [-0.2, -0.15) is 13.2 Å². The number of halogens is 3. The van der Waals surface area contributed by atoms with Crippen molar-refractivity contribution in [2.75, 3.05) is 5.32 Å². The average Bonchev–Trinajstić information content (AvgIpc) is 2.88. The molecular weight excluding hydrogens is 301 g/mol. The number of nitrogens with zero attached hydrogens (tertiary/aromatic N) is 1. The first kappa shape index (κ1) is 15.8. The number of alkyl halides is 3. The number of anilines is 1. The van der Waals surface area contributed by atoms with E-state index in [2.05, 4.69) is 10.3 Å². The summed E-state index contributed by atoms with van der Waals surface area (Å²) >= 11 is 0.875. The van der Waals surface area contributed by atoms with Gasteiger partial charge in [-0.05, 0) is 12.5 Å². The van der Waals surface area contributed by atoms with Crippen LogP contribution in [0, 0.1) is 0 Å². The van der Waals surface area contributed by atoms with E-state index in [0.29, 0.717) is 6.42 Å². The second-order valence-electron chi connectivity index (χ2n) is 4.73. The van der Waals surface area contributed by atoms with Gasteiger partial charge < -0.3 is 10.4 Å². The van der Waals surface area contributed by atoms with Crippen LogP contribution in [0.4, 0.5) is 18.3 Å². The summed E-state index contributed by atoms with van der Waals surface area (Å²) in [6.45, 7) is 1.71. The number of thiazole rings is 1. The van der Waals surface area contributed by atoms with E-state index in [-0.39, 0.29) is 5.13 Å². The molecule has 2 atom stereocenters. The van der Waals surface area contributed by atoms with Gasteiger partial charge in [0.15, 0.2) is 10.8 Å². The second-order valence-corrected chi connectivity index (χ2v) is 5.58. The lowest BCUT2D eigenvalue weighted by Gasteiger charge is -2.19. The summed E-state index contributed by atoms with van der Waals surface area (Å²) in [5, 5.41) is 14.0. The third-order valence-electron chi connectivity index (χ3n) is 3.01. The van der Waals surface area contributed by atoms with E-state index >= 15 is 0 Å². The molecule has 1 heterocycles. The molecule has 1 aromatic heterocycles. The molecule has 0 aliphatic carbocycles. The number of aliphatic hydroxyl groups is 1. The molecule has 0 spiro atoms. The van der Waals surface area contributed by atoms with Crippen molar-refractivity contribution in [2.24, 2.45) is 0 Å². The summed E-state index contributed by atoms with van der Waals surface area (Å²) in [6, 6.07) is 9.00. The number of rotatable bonds is 5. The molecule has 0 radical (unpaired) electrons. The zero-order valence-electron chi connectivity index (χ0n) is 11.3. The quantitative estimate of drug-likeness (QED) is 0.886. The zero-order valence-corrected chi connectivity index (χ0v) is 12.1. The number of aliphatic hydroxyl groups excluding tert-OH is 1. The summed E-state index contributed by atoms with van der Waals surface area (Å²) in [5.41, 5.74) is 0.0496. The summed E-state index contributed by atoms with van der Waals surface area (Å²) in [6.07, 6.45) is -4.74. The molecule has 0 saturated carbocycles. The number of benzene rings is 1. The van der Waals surface area contributed by atoms with Gasteiger partial charge in [0.2, 0.25) is 0 Å². The van der Waals surface area contributed by atoms with Gasteiger partial charge in [0, 0.05) is 11.8 Å². The lowest BCUT2D eigenvalue weighted by atomic mass is 10.0. The summed E-state index contributed by atoms with van der Waals surface area (Å²) in [7, 11) is 0. The molecule has 1 aromatic carbocycles. The molecule has 0 fully saturated rings. The summed E-state index contributed by atoms with van der Waals surface area (Å²) in [5.74, 6) is 0. The van der Waals surface area contributed by atoms with Crippen LogP contribution in [-0.4, -0.2) is 22.2 Å². The van der Waals surface area contributed by atoms with Crippen LogP contribution in [0.25, 0.3) is 0 Å². The molecule has 0 bridgehead atoms. The van der Waals surface area contributed by atoms with Gasteiger partial charge in [0.05, 0.1) is 12.1 Å². The highest BCUT2D eigenvalue weighted by molar-refractivity contribution is 7.13. The molecule has 2 rings (SSSR count). The van der Waals surface area contributed by atoms with E-state index in [1.807, 2.05) is 30.3 Å². The molecule has 7 heteroatoms. The van der Waals surface area contributed by atoms with Crippen LogP contribution in [0.15, 0.2) is 35.7 Å². The minimum atomic E-state index is -4.44. The maximum absolute atomic E-state index is 12.5. The van der Waals surface area contributed by atoms with Crippen LogP contribution in [0.1, 0.15) is 18.2 Å². The Morgan fingerprint density at radius 2 is 1.95 bits per heavy atom. The van der Waals surface area contributed by atoms with E-state index in [4.69, 9.17) is 0 Å². The van der Waals surface area contributed by atoms with Crippen molar-refractivity contribution < 1.29 is 18.3 Å². The molecule has 3 nitrogen and oxygen atoms in total. The number of nitrogens with one attached hydrogen (secondary N) is 1. The highest BCUT2D eigenvalue weighted by atomic mass is 32.1. The second kappa shape index (κ2) is 6.44.